The van der Waals surface area contributed by atoms with E-state index in [1.807, 2.05) is 44.2 Å². The van der Waals surface area contributed by atoms with Gasteiger partial charge in [-0.1, -0.05) is 32.0 Å². The Bertz CT molecular complexity index is 514. The number of anilines is 1. The molecule has 0 aliphatic carbocycles. The van der Waals surface area contributed by atoms with Crippen LogP contribution in [-0.2, 0) is 9.59 Å². The molecule has 1 fully saturated rings. The quantitative estimate of drug-likeness (QED) is 0.892. The SMILES string of the molecule is CC1(C)CCCN(C(=O)CNc2ccccc2)C1C(=O)O. The van der Waals surface area contributed by atoms with Gasteiger partial charge in [-0.15, -0.1) is 0 Å². The molecule has 21 heavy (non-hydrogen) atoms. The molecule has 5 heteroatoms. The molecule has 114 valence electrons. The molecule has 1 atom stereocenters. The third kappa shape index (κ3) is 3.54. The zero-order valence-corrected chi connectivity index (χ0v) is 12.5. The predicted octanol–water partition coefficient (Wildman–Crippen LogP) is 2.20. The largest absolute Gasteiger partial charge is 0.480 e. The lowest BCUT2D eigenvalue weighted by atomic mass is 9.76. The molecule has 0 aromatic heterocycles. The molecule has 2 N–H and O–H groups in total. The van der Waals surface area contributed by atoms with Gasteiger partial charge < -0.3 is 15.3 Å². The summed E-state index contributed by atoms with van der Waals surface area (Å²) in [6, 6.07) is 8.68. The fraction of sp³-hybridized carbons (Fsp3) is 0.500. The van der Waals surface area contributed by atoms with Crippen LogP contribution in [0.5, 0.6) is 0 Å². The van der Waals surface area contributed by atoms with Crippen LogP contribution in [0.3, 0.4) is 0 Å². The van der Waals surface area contributed by atoms with Gasteiger partial charge in [-0.2, -0.15) is 0 Å². The number of nitrogens with zero attached hydrogens (tertiary/aromatic N) is 1. The molecule has 0 spiro atoms. The van der Waals surface area contributed by atoms with Gasteiger partial charge in [-0.3, -0.25) is 4.79 Å². The molecule has 5 nitrogen and oxygen atoms in total. The molecule has 0 saturated carbocycles. The first-order valence-corrected chi connectivity index (χ1v) is 7.23. The zero-order valence-electron chi connectivity index (χ0n) is 12.5. The zero-order chi connectivity index (χ0) is 15.5. The normalized spacial score (nSPS) is 20.9. The van der Waals surface area contributed by atoms with E-state index in [0.717, 1.165) is 18.5 Å². The van der Waals surface area contributed by atoms with Crippen molar-refractivity contribution >= 4 is 17.6 Å². The number of carbonyl (C=O) groups excluding carboxylic acids is 1. The van der Waals surface area contributed by atoms with Crippen LogP contribution in [0.25, 0.3) is 0 Å². The number of carboxylic acids is 1. The Morgan fingerprint density at radius 3 is 2.62 bits per heavy atom. The summed E-state index contributed by atoms with van der Waals surface area (Å²) in [6.45, 7) is 4.45. The molecular weight excluding hydrogens is 268 g/mol. The number of hydrogen-bond acceptors (Lipinski definition) is 3. The van der Waals surface area contributed by atoms with Gasteiger partial charge in [0.1, 0.15) is 6.04 Å². The summed E-state index contributed by atoms with van der Waals surface area (Å²) in [5.41, 5.74) is 0.459. The first kappa shape index (κ1) is 15.4. The highest BCUT2D eigenvalue weighted by molar-refractivity contribution is 5.87. The molecule has 1 aliphatic heterocycles. The van der Waals surface area contributed by atoms with Crippen LogP contribution in [0, 0.1) is 5.41 Å². The molecule has 1 heterocycles. The molecular formula is C16H22N2O3. The van der Waals surface area contributed by atoms with Crippen LogP contribution in [0.4, 0.5) is 5.69 Å². The average Bonchev–Trinajstić information content (AvgIpc) is 2.44. The maximum atomic E-state index is 12.4. The summed E-state index contributed by atoms with van der Waals surface area (Å²) < 4.78 is 0. The number of hydrogen-bond donors (Lipinski definition) is 2. The summed E-state index contributed by atoms with van der Waals surface area (Å²) in [5, 5.41) is 12.5. The minimum Gasteiger partial charge on any atom is -0.480 e. The molecule has 1 amide bonds. The van der Waals surface area contributed by atoms with Gasteiger partial charge in [0.2, 0.25) is 5.91 Å². The summed E-state index contributed by atoms with van der Waals surface area (Å²) >= 11 is 0. The fourth-order valence-electron chi connectivity index (χ4n) is 2.96. The lowest BCUT2D eigenvalue weighted by Gasteiger charge is -2.44. The molecule has 1 unspecified atom stereocenters. The Morgan fingerprint density at radius 1 is 1.33 bits per heavy atom. The van der Waals surface area contributed by atoms with Gasteiger partial charge in [0.05, 0.1) is 6.54 Å². The fourth-order valence-corrected chi connectivity index (χ4v) is 2.96. The minimum absolute atomic E-state index is 0.115. The van der Waals surface area contributed by atoms with Crippen molar-refractivity contribution in [3.05, 3.63) is 30.3 Å². The smallest absolute Gasteiger partial charge is 0.326 e. The van der Waals surface area contributed by atoms with Crippen molar-refractivity contribution in [2.24, 2.45) is 5.41 Å². The van der Waals surface area contributed by atoms with Crippen molar-refractivity contribution in [2.75, 3.05) is 18.4 Å². The van der Waals surface area contributed by atoms with Crippen molar-refractivity contribution < 1.29 is 14.7 Å². The van der Waals surface area contributed by atoms with E-state index in [0.29, 0.717) is 6.54 Å². The van der Waals surface area contributed by atoms with Crippen LogP contribution < -0.4 is 5.32 Å². The third-order valence-corrected chi connectivity index (χ3v) is 4.04. The van der Waals surface area contributed by atoms with Gasteiger partial charge in [0.15, 0.2) is 0 Å². The number of carbonyl (C=O) groups is 2. The van der Waals surface area contributed by atoms with Crippen LogP contribution >= 0.6 is 0 Å². The van der Waals surface area contributed by atoms with Crippen LogP contribution in [-0.4, -0.2) is 41.0 Å². The molecule has 1 aromatic rings. The van der Waals surface area contributed by atoms with Crippen molar-refractivity contribution in [1.82, 2.24) is 4.90 Å². The number of para-hydroxylation sites is 1. The van der Waals surface area contributed by atoms with Crippen molar-refractivity contribution in [2.45, 2.75) is 32.7 Å². The number of amides is 1. The Balaban J connectivity index is 2.04. The number of nitrogens with one attached hydrogen (secondary N) is 1. The van der Waals surface area contributed by atoms with Gasteiger partial charge in [0.25, 0.3) is 0 Å². The second-order valence-corrected chi connectivity index (χ2v) is 6.14. The summed E-state index contributed by atoms with van der Waals surface area (Å²) in [7, 11) is 0. The minimum atomic E-state index is -0.923. The lowest BCUT2D eigenvalue weighted by molar-refractivity contribution is -0.158. The van der Waals surface area contributed by atoms with E-state index in [2.05, 4.69) is 5.32 Å². The van der Waals surface area contributed by atoms with E-state index in [1.54, 1.807) is 0 Å². The molecule has 2 rings (SSSR count). The van der Waals surface area contributed by atoms with Gasteiger partial charge in [0, 0.05) is 12.2 Å². The van der Waals surface area contributed by atoms with Gasteiger partial charge in [-0.05, 0) is 30.4 Å². The first-order chi connectivity index (χ1) is 9.92. The highest BCUT2D eigenvalue weighted by Gasteiger charge is 2.44. The van der Waals surface area contributed by atoms with Crippen LogP contribution in [0.1, 0.15) is 26.7 Å². The maximum absolute atomic E-state index is 12.4. The van der Waals surface area contributed by atoms with E-state index in [-0.39, 0.29) is 12.5 Å². The predicted molar refractivity (Wildman–Crippen MR) is 81.1 cm³/mol. The number of aliphatic carboxylic acids is 1. The summed E-state index contributed by atoms with van der Waals surface area (Å²) in [5.74, 6) is -1.09. The van der Waals surface area contributed by atoms with E-state index >= 15 is 0 Å². The summed E-state index contributed by atoms with van der Waals surface area (Å²) in [4.78, 5) is 25.4. The monoisotopic (exact) mass is 290 g/mol. The number of rotatable bonds is 4. The molecule has 1 saturated heterocycles. The molecule has 1 aromatic carbocycles. The van der Waals surface area contributed by atoms with Crippen molar-refractivity contribution in [1.29, 1.82) is 0 Å². The molecule has 0 bridgehead atoms. The Kier molecular flexibility index (Phi) is 4.50. The Morgan fingerprint density at radius 2 is 2.00 bits per heavy atom. The van der Waals surface area contributed by atoms with Gasteiger partial charge >= 0.3 is 5.97 Å². The molecule has 0 radical (unpaired) electrons. The lowest BCUT2D eigenvalue weighted by Crippen LogP contribution is -2.57. The van der Waals surface area contributed by atoms with Gasteiger partial charge in [-0.25, -0.2) is 4.79 Å². The Labute approximate surface area is 125 Å². The Hall–Kier alpha value is -2.04. The van der Waals surface area contributed by atoms with E-state index in [9.17, 15) is 14.7 Å². The maximum Gasteiger partial charge on any atom is 0.326 e. The van der Waals surface area contributed by atoms with E-state index in [1.165, 1.54) is 4.90 Å². The topological polar surface area (TPSA) is 69.6 Å². The number of benzene rings is 1. The number of piperidine rings is 1. The second kappa shape index (κ2) is 6.16. The highest BCUT2D eigenvalue weighted by atomic mass is 16.4. The van der Waals surface area contributed by atoms with Crippen molar-refractivity contribution in [3.8, 4) is 0 Å². The number of likely N-dealkylation sites (tertiary alicyclic amines) is 1. The third-order valence-electron chi connectivity index (χ3n) is 4.04. The standard InChI is InChI=1S/C16H22N2O3/c1-16(2)9-6-10-18(14(16)15(20)21)13(19)11-17-12-7-4-3-5-8-12/h3-5,7-8,14,17H,6,9-11H2,1-2H3,(H,20,21). The van der Waals surface area contributed by atoms with Crippen LogP contribution in [0.2, 0.25) is 0 Å². The number of carboxylic acid groups (broad SMARTS) is 1. The average molecular weight is 290 g/mol. The second-order valence-electron chi connectivity index (χ2n) is 6.14. The van der Waals surface area contributed by atoms with E-state index in [4.69, 9.17) is 0 Å². The summed E-state index contributed by atoms with van der Waals surface area (Å²) in [6.07, 6.45) is 1.66. The van der Waals surface area contributed by atoms with E-state index < -0.39 is 17.4 Å². The first-order valence-electron chi connectivity index (χ1n) is 7.23. The highest BCUT2D eigenvalue weighted by Crippen LogP contribution is 2.35. The molecule has 1 aliphatic rings. The van der Waals surface area contributed by atoms with Crippen LogP contribution in [0.15, 0.2) is 30.3 Å². The van der Waals surface area contributed by atoms with Crippen molar-refractivity contribution in [3.63, 3.8) is 0 Å².